The van der Waals surface area contributed by atoms with Crippen LogP contribution in [0.1, 0.15) is 23.1 Å². The Balaban J connectivity index is 1.44. The molecule has 3 aromatic carbocycles. The van der Waals surface area contributed by atoms with Gasteiger partial charge < -0.3 is 20.6 Å². The minimum absolute atomic E-state index is 0.208. The molecule has 0 amide bonds. The number of hydrogen-bond acceptors (Lipinski definition) is 6. The number of carbonyl (C=O) groups excluding carboxylic acids is 2. The van der Waals surface area contributed by atoms with Crippen LogP contribution in [0, 0.1) is 6.92 Å². The van der Waals surface area contributed by atoms with Crippen molar-refractivity contribution >= 4 is 44.3 Å². The van der Waals surface area contributed by atoms with E-state index < -0.39 is 5.97 Å². The molecule has 32 heavy (non-hydrogen) atoms. The minimum atomic E-state index is -0.480. The van der Waals surface area contributed by atoms with E-state index in [0.717, 1.165) is 16.3 Å². The summed E-state index contributed by atoms with van der Waals surface area (Å²) in [4.78, 5) is 24.0. The van der Waals surface area contributed by atoms with Gasteiger partial charge in [0.25, 0.3) is 0 Å². The SMILES string of the molecule is Cc1ccc(CCC(=O)Oc2ccc(/C=C/C(=O)O[Si]c3ccc(N)cc3N)cc2)cc1. The third-order valence-electron chi connectivity index (χ3n) is 4.60. The second kappa shape index (κ2) is 11.0. The Bertz CT molecular complexity index is 1110. The van der Waals surface area contributed by atoms with E-state index in [2.05, 4.69) is 0 Å². The largest absolute Gasteiger partial charge is 0.508 e. The first-order chi connectivity index (χ1) is 15.4. The maximum absolute atomic E-state index is 12.1. The molecule has 7 heteroatoms. The zero-order valence-corrected chi connectivity index (χ0v) is 18.7. The molecule has 0 unspecified atom stereocenters. The highest BCUT2D eigenvalue weighted by molar-refractivity contribution is 6.51. The molecule has 6 nitrogen and oxygen atoms in total. The Kier molecular flexibility index (Phi) is 7.83. The van der Waals surface area contributed by atoms with Crippen LogP contribution in [0.4, 0.5) is 11.4 Å². The van der Waals surface area contributed by atoms with Crippen molar-refractivity contribution in [1.29, 1.82) is 0 Å². The van der Waals surface area contributed by atoms with Gasteiger partial charge in [0, 0.05) is 29.1 Å². The smallest absolute Gasteiger partial charge is 0.357 e. The Hall–Kier alpha value is -3.84. The van der Waals surface area contributed by atoms with Gasteiger partial charge in [0.1, 0.15) is 5.75 Å². The summed E-state index contributed by atoms with van der Waals surface area (Å²) < 4.78 is 10.6. The average molecular weight is 445 g/mol. The molecule has 0 atom stereocenters. The monoisotopic (exact) mass is 444 g/mol. The molecule has 3 aromatic rings. The number of ether oxygens (including phenoxy) is 1. The Morgan fingerprint density at radius 2 is 1.69 bits per heavy atom. The molecule has 162 valence electrons. The normalized spacial score (nSPS) is 10.8. The molecular weight excluding hydrogens is 420 g/mol. The van der Waals surface area contributed by atoms with Gasteiger partial charge in [-0.15, -0.1) is 0 Å². The summed E-state index contributed by atoms with van der Waals surface area (Å²) in [5.41, 5.74) is 15.6. The zero-order valence-electron chi connectivity index (χ0n) is 17.7. The lowest BCUT2D eigenvalue weighted by Crippen LogP contribution is -2.23. The second-order valence-corrected chi connectivity index (χ2v) is 8.18. The van der Waals surface area contributed by atoms with Gasteiger partial charge in [0.2, 0.25) is 0 Å². The average Bonchev–Trinajstić information content (AvgIpc) is 2.77. The second-order valence-electron chi connectivity index (χ2n) is 7.23. The third kappa shape index (κ3) is 7.14. The quantitative estimate of drug-likeness (QED) is 0.182. The minimum Gasteiger partial charge on any atom is -0.508 e. The molecule has 3 rings (SSSR count). The third-order valence-corrected chi connectivity index (χ3v) is 5.58. The van der Waals surface area contributed by atoms with Crippen molar-refractivity contribution in [2.45, 2.75) is 19.8 Å². The Morgan fingerprint density at radius 3 is 2.38 bits per heavy atom. The molecule has 2 radical (unpaired) electrons. The number of esters is 1. The number of benzene rings is 3. The van der Waals surface area contributed by atoms with Gasteiger partial charge in [-0.25, -0.2) is 4.79 Å². The summed E-state index contributed by atoms with van der Waals surface area (Å²) in [5, 5.41) is 0.717. The fraction of sp³-hybridized carbons (Fsp3) is 0.120. The lowest BCUT2D eigenvalue weighted by molar-refractivity contribution is -0.134. The van der Waals surface area contributed by atoms with Gasteiger partial charge in [0.05, 0.1) is 0 Å². The van der Waals surface area contributed by atoms with Crippen molar-refractivity contribution in [2.75, 3.05) is 11.5 Å². The van der Waals surface area contributed by atoms with Crippen molar-refractivity contribution in [3.8, 4) is 5.75 Å². The molecule has 0 aromatic heterocycles. The van der Waals surface area contributed by atoms with Crippen molar-refractivity contribution in [2.24, 2.45) is 0 Å². The summed E-state index contributed by atoms with van der Waals surface area (Å²) in [7, 11) is -0.208. The van der Waals surface area contributed by atoms with Crippen LogP contribution in [-0.2, 0) is 20.4 Å². The van der Waals surface area contributed by atoms with Crippen molar-refractivity contribution in [3.63, 3.8) is 0 Å². The predicted molar refractivity (Wildman–Crippen MR) is 127 cm³/mol. The molecule has 0 saturated heterocycles. The van der Waals surface area contributed by atoms with Crippen LogP contribution in [0.5, 0.6) is 5.75 Å². The van der Waals surface area contributed by atoms with E-state index in [4.69, 9.17) is 20.6 Å². The molecular formula is C25H24N2O4Si. The lowest BCUT2D eigenvalue weighted by atomic mass is 10.1. The summed E-state index contributed by atoms with van der Waals surface area (Å²) in [6.45, 7) is 2.03. The first-order valence-corrected chi connectivity index (χ1v) is 11.0. The number of rotatable bonds is 8. The fourth-order valence-corrected chi connectivity index (χ4v) is 3.43. The molecule has 0 aliphatic carbocycles. The van der Waals surface area contributed by atoms with E-state index in [0.29, 0.717) is 30.0 Å². The van der Waals surface area contributed by atoms with Crippen LogP contribution >= 0.6 is 0 Å². The van der Waals surface area contributed by atoms with Crippen LogP contribution in [-0.4, -0.2) is 21.7 Å². The first-order valence-electron chi connectivity index (χ1n) is 10.1. The van der Waals surface area contributed by atoms with Crippen molar-refractivity contribution < 1.29 is 18.8 Å². The number of nitrogens with two attached hydrogens (primary N) is 2. The van der Waals surface area contributed by atoms with Crippen LogP contribution in [0.2, 0.25) is 0 Å². The predicted octanol–water partition coefficient (Wildman–Crippen LogP) is 3.20. The molecule has 4 N–H and O–H groups in total. The van der Waals surface area contributed by atoms with E-state index >= 15 is 0 Å². The number of anilines is 2. The van der Waals surface area contributed by atoms with Crippen LogP contribution in [0.25, 0.3) is 6.08 Å². The van der Waals surface area contributed by atoms with Gasteiger partial charge >= 0.3 is 21.7 Å². The number of nitrogen functional groups attached to an aromatic ring is 2. The van der Waals surface area contributed by atoms with Crippen molar-refractivity contribution in [3.05, 3.63) is 89.5 Å². The highest BCUT2D eigenvalue weighted by atomic mass is 28.2. The number of aryl methyl sites for hydroxylation is 2. The van der Waals surface area contributed by atoms with Crippen LogP contribution in [0.15, 0.2) is 72.8 Å². The first kappa shape index (κ1) is 22.8. The highest BCUT2D eigenvalue weighted by Crippen LogP contribution is 2.15. The Labute approximate surface area is 189 Å². The highest BCUT2D eigenvalue weighted by Gasteiger charge is 2.07. The van der Waals surface area contributed by atoms with Crippen LogP contribution in [0.3, 0.4) is 0 Å². The van der Waals surface area contributed by atoms with E-state index in [1.165, 1.54) is 11.6 Å². The molecule has 0 spiro atoms. The van der Waals surface area contributed by atoms with Crippen molar-refractivity contribution in [1.82, 2.24) is 0 Å². The molecule has 0 aliphatic rings. The van der Waals surface area contributed by atoms with E-state index in [9.17, 15) is 9.59 Å². The van der Waals surface area contributed by atoms with Crippen LogP contribution < -0.4 is 21.4 Å². The zero-order chi connectivity index (χ0) is 22.9. The maximum atomic E-state index is 12.1. The topological polar surface area (TPSA) is 105 Å². The Morgan fingerprint density at radius 1 is 0.969 bits per heavy atom. The van der Waals surface area contributed by atoms with Gasteiger partial charge in [-0.05, 0) is 54.8 Å². The number of carbonyl (C=O) groups is 2. The molecule has 0 aliphatic heterocycles. The standard InChI is InChI=1S/C25H24N2O4Si/c1-17-2-4-18(5-3-17)8-14-24(28)30-21-11-6-19(7-12-21)9-15-25(29)31-32-23-13-10-20(26)16-22(23)27/h2-7,9-13,15-16H,8,14,26-27H2,1H3/b15-9+. The van der Waals surface area contributed by atoms with Gasteiger partial charge in [0.15, 0.2) is 0 Å². The molecule has 0 saturated carbocycles. The molecule has 0 fully saturated rings. The van der Waals surface area contributed by atoms with E-state index in [1.54, 1.807) is 48.5 Å². The van der Waals surface area contributed by atoms with E-state index in [-0.39, 0.29) is 15.7 Å². The molecule has 0 bridgehead atoms. The maximum Gasteiger partial charge on any atom is 0.357 e. The fourth-order valence-electron chi connectivity index (χ4n) is 2.81. The van der Waals surface area contributed by atoms with E-state index in [1.807, 2.05) is 31.2 Å². The lowest BCUT2D eigenvalue weighted by Gasteiger charge is -2.06. The van der Waals surface area contributed by atoms with Gasteiger partial charge in [-0.2, -0.15) is 0 Å². The summed E-state index contributed by atoms with van der Waals surface area (Å²) in [5.74, 6) is -0.314. The molecule has 0 heterocycles. The summed E-state index contributed by atoms with van der Waals surface area (Å²) >= 11 is 0. The summed E-state index contributed by atoms with van der Waals surface area (Å²) in [6, 6.07) is 20.0. The van der Waals surface area contributed by atoms with Gasteiger partial charge in [-0.1, -0.05) is 48.0 Å². The van der Waals surface area contributed by atoms with Gasteiger partial charge in [-0.3, -0.25) is 4.79 Å². The summed E-state index contributed by atoms with van der Waals surface area (Å²) in [6.07, 6.45) is 3.89. The number of hydrogen-bond donors (Lipinski definition) is 2.